The number of hydrogen-bond acceptors (Lipinski definition) is 4. The molecule has 0 aliphatic rings. The summed E-state index contributed by atoms with van der Waals surface area (Å²) < 4.78 is 10.8. The van der Waals surface area contributed by atoms with Crippen molar-refractivity contribution in [1.29, 1.82) is 0 Å². The van der Waals surface area contributed by atoms with Gasteiger partial charge < -0.3 is 14.6 Å². The maximum Gasteiger partial charge on any atom is 0.302 e. The van der Waals surface area contributed by atoms with Gasteiger partial charge in [-0.25, -0.2) is 0 Å². The number of esters is 1. The molecule has 0 saturated heterocycles. The van der Waals surface area contributed by atoms with Gasteiger partial charge in [0.15, 0.2) is 0 Å². The van der Waals surface area contributed by atoms with Crippen molar-refractivity contribution in [1.82, 2.24) is 0 Å². The molecule has 4 nitrogen and oxygen atoms in total. The van der Waals surface area contributed by atoms with E-state index in [9.17, 15) is 4.79 Å². The molecule has 1 rings (SSSR count). The molecular weight excluding hydrogens is 360 g/mol. The Kier molecular flexibility index (Phi) is 8.92. The highest BCUT2D eigenvalue weighted by Gasteiger charge is 2.27. The summed E-state index contributed by atoms with van der Waals surface area (Å²) >= 11 is 9.34. The number of halogens is 2. The molecule has 0 aromatic heterocycles. The Morgan fingerprint density at radius 1 is 1.38 bits per heavy atom. The van der Waals surface area contributed by atoms with Gasteiger partial charge in [0, 0.05) is 13.3 Å². The first kappa shape index (κ1) is 18.4. The first-order valence-corrected chi connectivity index (χ1v) is 8.07. The third-order valence-electron chi connectivity index (χ3n) is 2.85. The minimum atomic E-state index is -0.525. The van der Waals surface area contributed by atoms with Crippen molar-refractivity contribution in [3.05, 3.63) is 35.9 Å². The predicted molar refractivity (Wildman–Crippen MR) is 85.7 cm³/mol. The summed E-state index contributed by atoms with van der Waals surface area (Å²) in [6.45, 7) is 2.09. The Labute approximate surface area is 138 Å². The van der Waals surface area contributed by atoms with Gasteiger partial charge in [0.2, 0.25) is 0 Å². The van der Waals surface area contributed by atoms with E-state index in [0.717, 1.165) is 5.56 Å². The zero-order chi connectivity index (χ0) is 15.7. The van der Waals surface area contributed by atoms with Crippen molar-refractivity contribution in [2.75, 3.05) is 13.2 Å². The van der Waals surface area contributed by atoms with Gasteiger partial charge in [0.05, 0.1) is 30.0 Å². The second-order valence-electron chi connectivity index (χ2n) is 4.62. The normalized spacial score (nSPS) is 15.2. The van der Waals surface area contributed by atoms with Crippen LogP contribution >= 0.6 is 27.5 Å². The molecule has 1 N–H and O–H groups in total. The van der Waals surface area contributed by atoms with E-state index < -0.39 is 11.5 Å². The molecule has 1 aromatic carbocycles. The maximum atomic E-state index is 11.1. The number of rotatable bonds is 9. The van der Waals surface area contributed by atoms with Crippen LogP contribution in [0, 0.1) is 0 Å². The molecule has 0 radical (unpaired) electrons. The summed E-state index contributed by atoms with van der Waals surface area (Å²) in [5.41, 5.74) is 1.09. The van der Waals surface area contributed by atoms with Gasteiger partial charge >= 0.3 is 5.97 Å². The monoisotopic (exact) mass is 378 g/mol. The molecule has 0 amide bonds. The second-order valence-corrected chi connectivity index (χ2v) is 6.24. The van der Waals surface area contributed by atoms with E-state index >= 15 is 0 Å². The quantitative estimate of drug-likeness (QED) is 0.407. The summed E-state index contributed by atoms with van der Waals surface area (Å²) in [7, 11) is 0. The van der Waals surface area contributed by atoms with Crippen molar-refractivity contribution in [3.8, 4) is 0 Å². The molecule has 118 valence electrons. The molecule has 1 unspecified atom stereocenters. The minimum Gasteiger partial charge on any atom is -0.461 e. The molecule has 0 aliphatic heterocycles. The highest BCUT2D eigenvalue weighted by atomic mass is 79.9. The highest BCUT2D eigenvalue weighted by Crippen LogP contribution is 2.21. The lowest BCUT2D eigenvalue weighted by atomic mass is 10.1. The Morgan fingerprint density at radius 2 is 2.05 bits per heavy atom. The third kappa shape index (κ3) is 7.27. The Morgan fingerprint density at radius 3 is 2.62 bits per heavy atom. The van der Waals surface area contributed by atoms with Gasteiger partial charge in [0.25, 0.3) is 0 Å². The Balaban J connectivity index is 2.40. The van der Waals surface area contributed by atoms with E-state index in [1.807, 2.05) is 30.3 Å². The average Bonchev–Trinajstić information content (AvgIpc) is 2.49. The standard InChI is InChI=1S/C15H20BrClO4/c1-11(19)21-14(15(16)13(17)9-18)7-8-20-10-12-5-3-2-4-6-12/h2-6,13-15,18H,7-10H2,1H3/t13-,14?,15+/m1/s1. The minimum absolute atomic E-state index is 0.194. The van der Waals surface area contributed by atoms with Crippen LogP contribution in [-0.2, 0) is 20.9 Å². The molecule has 3 atom stereocenters. The molecule has 0 heterocycles. The first-order valence-electron chi connectivity index (χ1n) is 6.72. The highest BCUT2D eigenvalue weighted by molar-refractivity contribution is 9.09. The zero-order valence-electron chi connectivity index (χ0n) is 11.9. The van der Waals surface area contributed by atoms with E-state index in [4.69, 9.17) is 26.2 Å². The number of carbonyl (C=O) groups is 1. The van der Waals surface area contributed by atoms with E-state index in [2.05, 4.69) is 15.9 Å². The first-order chi connectivity index (χ1) is 10.0. The molecule has 21 heavy (non-hydrogen) atoms. The lowest BCUT2D eigenvalue weighted by molar-refractivity contribution is -0.147. The van der Waals surface area contributed by atoms with Crippen LogP contribution in [0.1, 0.15) is 18.9 Å². The fourth-order valence-electron chi connectivity index (χ4n) is 1.79. The SMILES string of the molecule is CC(=O)OC(CCOCc1ccccc1)[C@@H](Br)[C@H](Cl)CO. The van der Waals surface area contributed by atoms with Crippen molar-refractivity contribution in [3.63, 3.8) is 0 Å². The number of aliphatic hydroxyl groups excluding tert-OH is 1. The smallest absolute Gasteiger partial charge is 0.302 e. The van der Waals surface area contributed by atoms with Crippen molar-refractivity contribution in [2.24, 2.45) is 0 Å². The lowest BCUT2D eigenvalue weighted by Crippen LogP contribution is -2.35. The zero-order valence-corrected chi connectivity index (χ0v) is 14.2. The number of aliphatic hydroxyl groups is 1. The number of hydrogen-bond donors (Lipinski definition) is 1. The third-order valence-corrected chi connectivity index (χ3v) is 4.79. The number of benzene rings is 1. The molecule has 6 heteroatoms. The summed E-state index contributed by atoms with van der Waals surface area (Å²) in [6.07, 6.45) is 0.0684. The van der Waals surface area contributed by atoms with Crippen LogP contribution in [0.15, 0.2) is 30.3 Å². The molecule has 0 aliphatic carbocycles. The topological polar surface area (TPSA) is 55.8 Å². The average molecular weight is 380 g/mol. The van der Waals surface area contributed by atoms with Crippen LogP contribution in [-0.4, -0.2) is 40.6 Å². The van der Waals surface area contributed by atoms with E-state index in [-0.39, 0.29) is 17.4 Å². The van der Waals surface area contributed by atoms with Crippen LogP contribution < -0.4 is 0 Å². The van der Waals surface area contributed by atoms with Crippen LogP contribution in [0.3, 0.4) is 0 Å². The van der Waals surface area contributed by atoms with Crippen LogP contribution in [0.25, 0.3) is 0 Å². The van der Waals surface area contributed by atoms with E-state index in [1.54, 1.807) is 0 Å². The number of ether oxygens (including phenoxy) is 2. The van der Waals surface area contributed by atoms with Gasteiger partial charge in [-0.2, -0.15) is 0 Å². The summed E-state index contributed by atoms with van der Waals surface area (Å²) in [5.74, 6) is -0.380. The van der Waals surface area contributed by atoms with Crippen molar-refractivity contribution in [2.45, 2.75) is 36.3 Å². The fourth-order valence-corrected chi connectivity index (χ4v) is 2.50. The second kappa shape index (κ2) is 10.2. The molecule has 0 saturated carbocycles. The molecule has 0 spiro atoms. The van der Waals surface area contributed by atoms with Gasteiger partial charge in [-0.15, -0.1) is 11.6 Å². The summed E-state index contributed by atoms with van der Waals surface area (Å²) in [4.78, 5) is 10.8. The van der Waals surface area contributed by atoms with Crippen molar-refractivity contribution < 1.29 is 19.4 Å². The maximum absolute atomic E-state index is 11.1. The summed E-state index contributed by atoms with van der Waals surface area (Å²) in [6, 6.07) is 9.82. The lowest BCUT2D eigenvalue weighted by Gasteiger charge is -2.24. The van der Waals surface area contributed by atoms with Gasteiger partial charge in [-0.1, -0.05) is 46.3 Å². The van der Waals surface area contributed by atoms with Crippen LogP contribution in [0.4, 0.5) is 0 Å². The van der Waals surface area contributed by atoms with Gasteiger partial charge in [-0.3, -0.25) is 4.79 Å². The Hall–Kier alpha value is -0.620. The van der Waals surface area contributed by atoms with E-state index in [0.29, 0.717) is 19.6 Å². The Bertz CT molecular complexity index is 415. The van der Waals surface area contributed by atoms with Gasteiger partial charge in [-0.05, 0) is 5.56 Å². The molecular formula is C15H20BrClO4. The van der Waals surface area contributed by atoms with E-state index in [1.165, 1.54) is 6.92 Å². The largest absolute Gasteiger partial charge is 0.461 e. The summed E-state index contributed by atoms with van der Waals surface area (Å²) in [5, 5.41) is 8.55. The fraction of sp³-hybridized carbons (Fsp3) is 0.533. The number of carbonyl (C=O) groups excluding carboxylic acids is 1. The van der Waals surface area contributed by atoms with Crippen molar-refractivity contribution >= 4 is 33.5 Å². The molecule has 0 fully saturated rings. The molecule has 1 aromatic rings. The van der Waals surface area contributed by atoms with Crippen LogP contribution in [0.5, 0.6) is 0 Å². The van der Waals surface area contributed by atoms with Crippen LogP contribution in [0.2, 0.25) is 0 Å². The number of alkyl halides is 2. The predicted octanol–water partition coefficient (Wildman–Crippen LogP) is 2.89. The van der Waals surface area contributed by atoms with Gasteiger partial charge in [0.1, 0.15) is 6.10 Å². The molecule has 0 bridgehead atoms.